The summed E-state index contributed by atoms with van der Waals surface area (Å²) in [6.07, 6.45) is 4.86. The lowest BCUT2D eigenvalue weighted by molar-refractivity contribution is 0.483. The number of rotatable bonds is 9. The Labute approximate surface area is 122 Å². The van der Waals surface area contributed by atoms with Gasteiger partial charge in [-0.05, 0) is 30.5 Å². The van der Waals surface area contributed by atoms with Crippen LogP contribution in [0.5, 0.6) is 0 Å². The molecular formula is C15H26N2O2S. The van der Waals surface area contributed by atoms with Crippen LogP contribution in [-0.2, 0) is 16.6 Å². The molecule has 0 bridgehead atoms. The van der Waals surface area contributed by atoms with Gasteiger partial charge >= 0.3 is 0 Å². The maximum absolute atomic E-state index is 12.3. The number of nitrogens with one attached hydrogen (secondary N) is 1. The van der Waals surface area contributed by atoms with E-state index >= 15 is 0 Å². The molecule has 1 aromatic carbocycles. The van der Waals surface area contributed by atoms with Gasteiger partial charge in [0.25, 0.3) is 0 Å². The Morgan fingerprint density at radius 3 is 2.25 bits per heavy atom. The van der Waals surface area contributed by atoms with E-state index in [-0.39, 0.29) is 6.04 Å². The van der Waals surface area contributed by atoms with Crippen LogP contribution >= 0.6 is 0 Å². The van der Waals surface area contributed by atoms with Gasteiger partial charge in [0.05, 0.1) is 4.90 Å². The molecule has 1 unspecified atom stereocenters. The van der Waals surface area contributed by atoms with Crippen LogP contribution in [0.4, 0.5) is 0 Å². The molecule has 0 aliphatic heterocycles. The van der Waals surface area contributed by atoms with Gasteiger partial charge in [0.2, 0.25) is 10.0 Å². The van der Waals surface area contributed by atoms with Gasteiger partial charge in [-0.1, -0.05) is 45.2 Å². The van der Waals surface area contributed by atoms with Gasteiger partial charge < -0.3 is 5.73 Å². The Bertz CT molecular complexity index is 483. The van der Waals surface area contributed by atoms with E-state index in [1.54, 1.807) is 24.3 Å². The van der Waals surface area contributed by atoms with Crippen LogP contribution in [0, 0.1) is 0 Å². The molecule has 0 amide bonds. The second-order valence-electron chi connectivity index (χ2n) is 5.10. The summed E-state index contributed by atoms with van der Waals surface area (Å²) in [4.78, 5) is 0.312. The first-order chi connectivity index (χ1) is 9.53. The fourth-order valence-electron chi connectivity index (χ4n) is 2.15. The molecule has 4 nitrogen and oxygen atoms in total. The summed E-state index contributed by atoms with van der Waals surface area (Å²) in [5.41, 5.74) is 6.45. The lowest BCUT2D eigenvalue weighted by Gasteiger charge is -2.18. The van der Waals surface area contributed by atoms with Crippen molar-refractivity contribution in [2.45, 2.75) is 63.4 Å². The zero-order valence-electron chi connectivity index (χ0n) is 12.4. The van der Waals surface area contributed by atoms with Gasteiger partial charge in [-0.3, -0.25) is 0 Å². The molecule has 0 saturated heterocycles. The Kier molecular flexibility index (Phi) is 7.19. The van der Waals surface area contributed by atoms with E-state index in [0.717, 1.165) is 37.7 Å². The molecule has 1 atom stereocenters. The maximum atomic E-state index is 12.3. The molecule has 20 heavy (non-hydrogen) atoms. The zero-order chi connectivity index (χ0) is 15.0. The van der Waals surface area contributed by atoms with Gasteiger partial charge in [-0.2, -0.15) is 0 Å². The van der Waals surface area contributed by atoms with Crippen LogP contribution in [0.3, 0.4) is 0 Å². The van der Waals surface area contributed by atoms with E-state index in [2.05, 4.69) is 18.6 Å². The first-order valence-electron chi connectivity index (χ1n) is 7.34. The van der Waals surface area contributed by atoms with Crippen molar-refractivity contribution in [3.8, 4) is 0 Å². The Hall–Kier alpha value is -0.910. The van der Waals surface area contributed by atoms with E-state index < -0.39 is 10.0 Å². The van der Waals surface area contributed by atoms with Gasteiger partial charge in [0.1, 0.15) is 0 Å². The summed E-state index contributed by atoms with van der Waals surface area (Å²) in [7, 11) is -3.43. The Morgan fingerprint density at radius 2 is 1.75 bits per heavy atom. The Morgan fingerprint density at radius 1 is 1.10 bits per heavy atom. The van der Waals surface area contributed by atoms with Crippen LogP contribution in [0.15, 0.2) is 29.2 Å². The highest BCUT2D eigenvalue weighted by molar-refractivity contribution is 7.89. The number of nitrogens with two attached hydrogens (primary N) is 1. The van der Waals surface area contributed by atoms with Crippen LogP contribution in [-0.4, -0.2) is 14.5 Å². The van der Waals surface area contributed by atoms with Crippen LogP contribution in [0.2, 0.25) is 0 Å². The molecule has 114 valence electrons. The predicted molar refractivity (Wildman–Crippen MR) is 82.9 cm³/mol. The van der Waals surface area contributed by atoms with E-state index in [1.807, 2.05) is 0 Å². The smallest absolute Gasteiger partial charge is 0.240 e. The quantitative estimate of drug-likeness (QED) is 0.736. The minimum absolute atomic E-state index is 0.0270. The van der Waals surface area contributed by atoms with Gasteiger partial charge in [0.15, 0.2) is 0 Å². The summed E-state index contributed by atoms with van der Waals surface area (Å²) in [6, 6.07) is 6.78. The van der Waals surface area contributed by atoms with E-state index in [1.165, 1.54) is 0 Å². The average Bonchev–Trinajstić information content (AvgIpc) is 2.45. The fourth-order valence-corrected chi connectivity index (χ4v) is 3.46. The number of sulfonamides is 1. The first-order valence-corrected chi connectivity index (χ1v) is 8.83. The van der Waals surface area contributed by atoms with Gasteiger partial charge in [-0.25, -0.2) is 13.1 Å². The largest absolute Gasteiger partial charge is 0.326 e. The van der Waals surface area contributed by atoms with Crippen molar-refractivity contribution in [2.24, 2.45) is 5.73 Å². The molecule has 0 aliphatic rings. The lowest BCUT2D eigenvalue weighted by atomic mass is 10.1. The van der Waals surface area contributed by atoms with Crippen molar-refractivity contribution < 1.29 is 8.42 Å². The molecule has 1 aromatic rings. The van der Waals surface area contributed by atoms with Gasteiger partial charge in [-0.15, -0.1) is 0 Å². The molecule has 0 radical (unpaired) electrons. The maximum Gasteiger partial charge on any atom is 0.240 e. The monoisotopic (exact) mass is 298 g/mol. The highest BCUT2D eigenvalue weighted by Crippen LogP contribution is 2.14. The predicted octanol–water partition coefficient (Wildman–Crippen LogP) is 2.78. The van der Waals surface area contributed by atoms with Crippen molar-refractivity contribution in [3.05, 3.63) is 29.8 Å². The SMILES string of the molecule is CCCCC(CCC)NS(=O)(=O)c1ccc(CN)cc1. The highest BCUT2D eigenvalue weighted by Gasteiger charge is 2.19. The third kappa shape index (κ3) is 5.23. The molecule has 1 rings (SSSR count). The molecule has 3 N–H and O–H groups in total. The molecule has 0 aromatic heterocycles. The van der Waals surface area contributed by atoms with Crippen molar-refractivity contribution in [2.75, 3.05) is 0 Å². The number of hydrogen-bond acceptors (Lipinski definition) is 3. The Balaban J connectivity index is 2.79. The topological polar surface area (TPSA) is 72.2 Å². The highest BCUT2D eigenvalue weighted by atomic mass is 32.2. The van der Waals surface area contributed by atoms with Crippen LogP contribution in [0.1, 0.15) is 51.5 Å². The standard InChI is InChI=1S/C15H26N2O2S/c1-3-5-7-14(6-4-2)17-20(18,19)15-10-8-13(12-16)9-11-15/h8-11,14,17H,3-7,12,16H2,1-2H3. The fraction of sp³-hybridized carbons (Fsp3) is 0.600. The molecule has 0 saturated carbocycles. The minimum atomic E-state index is -3.43. The third-order valence-corrected chi connectivity index (χ3v) is 4.87. The number of hydrogen-bond donors (Lipinski definition) is 2. The zero-order valence-corrected chi connectivity index (χ0v) is 13.2. The molecular weight excluding hydrogens is 272 g/mol. The van der Waals surface area contributed by atoms with Crippen LogP contribution in [0.25, 0.3) is 0 Å². The summed E-state index contributed by atoms with van der Waals surface area (Å²) in [5, 5.41) is 0. The summed E-state index contributed by atoms with van der Waals surface area (Å²) >= 11 is 0. The summed E-state index contributed by atoms with van der Waals surface area (Å²) in [6.45, 7) is 4.61. The molecule has 5 heteroatoms. The second-order valence-corrected chi connectivity index (χ2v) is 6.81. The molecule has 0 fully saturated rings. The minimum Gasteiger partial charge on any atom is -0.326 e. The lowest BCUT2D eigenvalue weighted by Crippen LogP contribution is -2.34. The summed E-state index contributed by atoms with van der Waals surface area (Å²) < 4.78 is 27.5. The average molecular weight is 298 g/mol. The summed E-state index contributed by atoms with van der Waals surface area (Å²) in [5.74, 6) is 0. The number of unbranched alkanes of at least 4 members (excludes halogenated alkanes) is 1. The van der Waals surface area contributed by atoms with Crippen LogP contribution < -0.4 is 10.5 Å². The van der Waals surface area contributed by atoms with Crippen molar-refractivity contribution in [3.63, 3.8) is 0 Å². The van der Waals surface area contributed by atoms with E-state index in [4.69, 9.17) is 5.73 Å². The second kappa shape index (κ2) is 8.39. The van der Waals surface area contributed by atoms with E-state index in [9.17, 15) is 8.42 Å². The van der Waals surface area contributed by atoms with Crippen molar-refractivity contribution in [1.29, 1.82) is 0 Å². The molecule has 0 heterocycles. The van der Waals surface area contributed by atoms with Crippen molar-refractivity contribution in [1.82, 2.24) is 4.72 Å². The third-order valence-electron chi connectivity index (χ3n) is 3.33. The first kappa shape index (κ1) is 17.1. The van der Waals surface area contributed by atoms with Gasteiger partial charge in [0, 0.05) is 12.6 Å². The van der Waals surface area contributed by atoms with E-state index in [0.29, 0.717) is 11.4 Å². The number of benzene rings is 1. The molecule has 0 aliphatic carbocycles. The normalized spacial score (nSPS) is 13.3. The van der Waals surface area contributed by atoms with Crippen molar-refractivity contribution >= 4 is 10.0 Å². The molecule has 0 spiro atoms.